The molecule has 4 aromatic carbocycles. The van der Waals surface area contributed by atoms with Crippen molar-refractivity contribution in [1.82, 2.24) is 10.6 Å². The molecule has 230 valence electrons. The Hall–Kier alpha value is -4.29. The van der Waals surface area contributed by atoms with Crippen LogP contribution in [0.25, 0.3) is 11.1 Å². The Morgan fingerprint density at radius 3 is 2.45 bits per heavy atom. The minimum absolute atomic E-state index is 0.0734. The van der Waals surface area contributed by atoms with Crippen molar-refractivity contribution in [2.24, 2.45) is 5.73 Å². The minimum atomic E-state index is -3.65. The van der Waals surface area contributed by atoms with E-state index in [9.17, 15) is 22.4 Å². The molecule has 0 saturated heterocycles. The molecule has 12 heteroatoms. The first-order chi connectivity index (χ1) is 21.0. The van der Waals surface area contributed by atoms with Crippen molar-refractivity contribution in [2.45, 2.75) is 32.5 Å². The van der Waals surface area contributed by atoms with Gasteiger partial charge in [0.15, 0.2) is 0 Å². The van der Waals surface area contributed by atoms with Gasteiger partial charge in [0, 0.05) is 52.1 Å². The molecule has 4 aromatic rings. The maximum absolute atomic E-state index is 14.1. The van der Waals surface area contributed by atoms with E-state index in [0.717, 1.165) is 11.8 Å². The molecule has 0 spiro atoms. The van der Waals surface area contributed by atoms with Crippen molar-refractivity contribution in [1.29, 1.82) is 0 Å². The second kappa shape index (κ2) is 14.5. The van der Waals surface area contributed by atoms with Gasteiger partial charge in [0.05, 0.1) is 12.3 Å². The number of carbonyl (C=O) groups excluding carboxylic acids is 2. The third kappa shape index (κ3) is 8.64. The van der Waals surface area contributed by atoms with Crippen LogP contribution in [-0.2, 0) is 27.9 Å². The number of sulfonamides is 1. The summed E-state index contributed by atoms with van der Waals surface area (Å²) in [5.41, 5.74) is 7.94. The number of benzene rings is 4. The molecule has 0 fully saturated rings. The molecule has 1 atom stereocenters. The number of ether oxygens (including phenoxy) is 1. The number of nitrogens with two attached hydrogens (primary N) is 1. The Morgan fingerprint density at radius 2 is 1.75 bits per heavy atom. The lowest BCUT2D eigenvalue weighted by Crippen LogP contribution is -2.45. The predicted molar refractivity (Wildman–Crippen MR) is 170 cm³/mol. The highest BCUT2D eigenvalue weighted by atomic mass is 35.5. The van der Waals surface area contributed by atoms with Gasteiger partial charge in [0.1, 0.15) is 17.3 Å². The Bertz CT molecular complexity index is 1780. The maximum atomic E-state index is 14.1. The first-order valence-electron chi connectivity index (χ1n) is 13.7. The minimum Gasteiger partial charge on any atom is -0.457 e. The zero-order chi connectivity index (χ0) is 31.9. The van der Waals surface area contributed by atoms with Crippen LogP contribution >= 0.6 is 11.6 Å². The number of hydrogen-bond donors (Lipinski definition) is 4. The molecule has 0 heterocycles. The van der Waals surface area contributed by atoms with Gasteiger partial charge in [-0.2, -0.15) is 0 Å². The summed E-state index contributed by atoms with van der Waals surface area (Å²) < 4.78 is 46.7. The summed E-state index contributed by atoms with van der Waals surface area (Å²) in [6, 6.07) is 21.6. The molecular weight excluding hydrogens is 607 g/mol. The topological polar surface area (TPSA) is 140 Å². The Labute approximate surface area is 260 Å². The van der Waals surface area contributed by atoms with Crippen LogP contribution in [-0.4, -0.2) is 32.5 Å². The number of carbonyl (C=O) groups is 2. The number of amides is 2. The second-order valence-electron chi connectivity index (χ2n) is 9.98. The number of hydrogen-bond acceptors (Lipinski definition) is 7. The molecule has 0 aliphatic rings. The molecule has 0 radical (unpaired) electrons. The molecule has 2 amide bonds. The Kier molecular flexibility index (Phi) is 10.7. The van der Waals surface area contributed by atoms with E-state index in [1.165, 1.54) is 24.3 Å². The average molecular weight is 639 g/mol. The summed E-state index contributed by atoms with van der Waals surface area (Å²) in [4.78, 5) is 26.7. The number of anilines is 1. The van der Waals surface area contributed by atoms with Gasteiger partial charge in [0.25, 0.3) is 5.91 Å². The lowest BCUT2D eigenvalue weighted by atomic mass is 9.97. The smallest absolute Gasteiger partial charge is 0.258 e. The Morgan fingerprint density at radius 1 is 0.977 bits per heavy atom. The van der Waals surface area contributed by atoms with E-state index in [0.29, 0.717) is 34.9 Å². The van der Waals surface area contributed by atoms with E-state index in [2.05, 4.69) is 15.4 Å². The molecule has 0 aliphatic carbocycles. The monoisotopic (exact) mass is 638 g/mol. The van der Waals surface area contributed by atoms with Crippen LogP contribution in [0.15, 0.2) is 84.9 Å². The van der Waals surface area contributed by atoms with Crippen molar-refractivity contribution in [3.05, 3.63) is 112 Å². The first-order valence-corrected chi connectivity index (χ1v) is 15.9. The summed E-state index contributed by atoms with van der Waals surface area (Å²) in [5.74, 6) is -0.997. The molecule has 0 aromatic heterocycles. The molecule has 5 N–H and O–H groups in total. The van der Waals surface area contributed by atoms with Gasteiger partial charge in [-0.3, -0.25) is 19.6 Å². The van der Waals surface area contributed by atoms with Crippen LogP contribution in [0.4, 0.5) is 10.1 Å². The third-order valence-corrected chi connectivity index (χ3v) is 7.46. The Balaban J connectivity index is 1.68. The number of rotatable bonds is 12. The fraction of sp³-hybridized carbons (Fsp3) is 0.188. The van der Waals surface area contributed by atoms with Gasteiger partial charge in [-0.15, -0.1) is 0 Å². The van der Waals surface area contributed by atoms with Gasteiger partial charge in [-0.25, -0.2) is 12.8 Å². The fourth-order valence-corrected chi connectivity index (χ4v) is 5.19. The molecular formula is C32H32ClFN4O5S. The molecule has 1 unspecified atom stereocenters. The van der Waals surface area contributed by atoms with Crippen LogP contribution in [0.5, 0.6) is 11.5 Å². The molecule has 0 saturated carbocycles. The van der Waals surface area contributed by atoms with E-state index in [-0.39, 0.29) is 29.1 Å². The van der Waals surface area contributed by atoms with Crippen LogP contribution in [0.1, 0.15) is 34.8 Å². The van der Waals surface area contributed by atoms with Crippen molar-refractivity contribution in [2.75, 3.05) is 11.0 Å². The standard InChI is InChI=1S/C32H32ClFN4O5S/c1-3-29(36-19-21-8-4-5-10-28(21)34)32(40)37-31(39)26-14-12-23(38-44(2,41)42)17-27(26)25-13-11-22(33)16-30(25)43-24-9-6-7-20(15-24)18-35/h4-17,29,36,38H,3,18-19,35H2,1-2H3,(H,37,39,40). The summed E-state index contributed by atoms with van der Waals surface area (Å²) in [6.45, 7) is 2.14. The highest BCUT2D eigenvalue weighted by molar-refractivity contribution is 7.92. The predicted octanol–water partition coefficient (Wildman–Crippen LogP) is 5.59. The molecule has 4 rings (SSSR count). The molecule has 0 bridgehead atoms. The van der Waals surface area contributed by atoms with Crippen molar-refractivity contribution in [3.63, 3.8) is 0 Å². The summed E-state index contributed by atoms with van der Waals surface area (Å²) in [5, 5.41) is 5.77. The zero-order valence-electron chi connectivity index (χ0n) is 24.1. The number of halogens is 2. The molecule has 0 aliphatic heterocycles. The molecule has 9 nitrogen and oxygen atoms in total. The second-order valence-corrected chi connectivity index (χ2v) is 12.2. The SMILES string of the molecule is CCC(NCc1ccccc1F)C(=O)NC(=O)c1ccc(NS(C)(=O)=O)cc1-c1ccc(Cl)cc1Oc1cccc(CN)c1. The summed E-state index contributed by atoms with van der Waals surface area (Å²) in [7, 11) is -3.65. The average Bonchev–Trinajstić information content (AvgIpc) is 2.97. The third-order valence-electron chi connectivity index (χ3n) is 6.62. The highest BCUT2D eigenvalue weighted by Crippen LogP contribution is 2.38. The van der Waals surface area contributed by atoms with Crippen LogP contribution in [0, 0.1) is 5.82 Å². The summed E-state index contributed by atoms with van der Waals surface area (Å²) >= 11 is 6.31. The van der Waals surface area contributed by atoms with Crippen LogP contribution in [0.2, 0.25) is 5.02 Å². The van der Waals surface area contributed by atoms with Gasteiger partial charge in [-0.1, -0.05) is 48.9 Å². The lowest BCUT2D eigenvalue weighted by molar-refractivity contribution is -0.122. The zero-order valence-corrected chi connectivity index (χ0v) is 25.6. The van der Waals surface area contributed by atoms with Gasteiger partial charge in [-0.05, 0) is 60.5 Å². The van der Waals surface area contributed by atoms with E-state index in [1.54, 1.807) is 61.5 Å². The van der Waals surface area contributed by atoms with E-state index in [1.807, 2.05) is 6.07 Å². The van der Waals surface area contributed by atoms with Crippen molar-refractivity contribution in [3.8, 4) is 22.6 Å². The summed E-state index contributed by atoms with van der Waals surface area (Å²) in [6.07, 6.45) is 1.33. The van der Waals surface area contributed by atoms with E-state index >= 15 is 0 Å². The normalized spacial score (nSPS) is 11.9. The first kappa shape index (κ1) is 32.6. The van der Waals surface area contributed by atoms with Gasteiger partial charge in [0.2, 0.25) is 15.9 Å². The number of imide groups is 1. The number of nitrogens with one attached hydrogen (secondary N) is 3. The fourth-order valence-electron chi connectivity index (χ4n) is 4.47. The van der Waals surface area contributed by atoms with Gasteiger partial charge < -0.3 is 15.8 Å². The highest BCUT2D eigenvalue weighted by Gasteiger charge is 2.23. The molecule has 44 heavy (non-hydrogen) atoms. The van der Waals surface area contributed by atoms with E-state index in [4.69, 9.17) is 22.1 Å². The van der Waals surface area contributed by atoms with Crippen molar-refractivity contribution >= 4 is 39.1 Å². The van der Waals surface area contributed by atoms with E-state index < -0.39 is 33.7 Å². The van der Waals surface area contributed by atoms with Crippen LogP contribution in [0.3, 0.4) is 0 Å². The largest absolute Gasteiger partial charge is 0.457 e. The lowest BCUT2D eigenvalue weighted by Gasteiger charge is -2.19. The van der Waals surface area contributed by atoms with Crippen molar-refractivity contribution < 1.29 is 27.1 Å². The quantitative estimate of drug-likeness (QED) is 0.159. The maximum Gasteiger partial charge on any atom is 0.258 e. The van der Waals surface area contributed by atoms with Gasteiger partial charge >= 0.3 is 0 Å². The van der Waals surface area contributed by atoms with Crippen LogP contribution < -0.4 is 25.8 Å².